The van der Waals surface area contributed by atoms with Crippen LogP contribution in [-0.2, 0) is 20.7 Å². The molecule has 0 aliphatic carbocycles. The Balaban J connectivity index is 2.67. The Hall–Kier alpha value is -1.71. The molecule has 0 saturated heterocycles. The van der Waals surface area contributed by atoms with E-state index in [0.717, 1.165) is 0 Å². The van der Waals surface area contributed by atoms with E-state index in [1.807, 2.05) is 0 Å². The molecule has 0 fully saturated rings. The lowest BCUT2D eigenvalue weighted by Gasteiger charge is -2.02. The molecule has 80 valence electrons. The van der Waals surface area contributed by atoms with Crippen molar-refractivity contribution in [3.05, 3.63) is 35.6 Å². The molecule has 0 aliphatic rings. The summed E-state index contributed by atoms with van der Waals surface area (Å²) in [4.78, 5) is 22.2. The van der Waals surface area contributed by atoms with Crippen LogP contribution in [0.2, 0.25) is 0 Å². The molecule has 0 unspecified atom stereocenters. The van der Waals surface area contributed by atoms with Gasteiger partial charge in [-0.2, -0.15) is 0 Å². The van der Waals surface area contributed by atoms with Crippen LogP contribution < -0.4 is 0 Å². The summed E-state index contributed by atoms with van der Waals surface area (Å²) in [6, 6.07) is 5.84. The molecule has 0 atom stereocenters. The highest BCUT2D eigenvalue weighted by Gasteiger charge is 2.16. The molecule has 0 saturated carbocycles. The van der Waals surface area contributed by atoms with Gasteiger partial charge in [0.15, 0.2) is 0 Å². The molecule has 4 heteroatoms. The summed E-state index contributed by atoms with van der Waals surface area (Å²) in [5, 5.41) is 0. The molecule has 3 nitrogen and oxygen atoms in total. The van der Waals surface area contributed by atoms with E-state index >= 15 is 0 Å². The average molecular weight is 210 g/mol. The number of carbonyl (C=O) groups is 2. The van der Waals surface area contributed by atoms with Gasteiger partial charge in [0, 0.05) is 6.42 Å². The minimum absolute atomic E-state index is 0.141. The number of hydrogen-bond acceptors (Lipinski definition) is 3. The van der Waals surface area contributed by atoms with Crippen molar-refractivity contribution < 1.29 is 18.7 Å². The Morgan fingerprint density at radius 1 is 1.33 bits per heavy atom. The number of rotatable bonds is 4. The van der Waals surface area contributed by atoms with Gasteiger partial charge in [-0.05, 0) is 18.6 Å². The van der Waals surface area contributed by atoms with Gasteiger partial charge in [-0.3, -0.25) is 4.79 Å². The maximum Gasteiger partial charge on any atom is 0.374 e. The van der Waals surface area contributed by atoms with Gasteiger partial charge >= 0.3 is 5.97 Å². The molecular formula is C11H11FO3. The molecule has 1 rings (SSSR count). The number of hydrogen-bond donors (Lipinski definition) is 0. The number of halogens is 1. The van der Waals surface area contributed by atoms with Gasteiger partial charge in [-0.25, -0.2) is 9.18 Å². The summed E-state index contributed by atoms with van der Waals surface area (Å²) in [6.07, 6.45) is -0.258. The third-order valence-electron chi connectivity index (χ3n) is 1.81. The van der Waals surface area contributed by atoms with Crippen molar-refractivity contribution in [3.63, 3.8) is 0 Å². The van der Waals surface area contributed by atoms with Crippen LogP contribution in [0, 0.1) is 5.82 Å². The van der Waals surface area contributed by atoms with Crippen LogP contribution in [0.25, 0.3) is 0 Å². The molecular weight excluding hydrogens is 199 g/mol. The van der Waals surface area contributed by atoms with Gasteiger partial charge in [0.05, 0.1) is 6.61 Å². The monoisotopic (exact) mass is 210 g/mol. The molecule has 0 aliphatic heterocycles. The second kappa shape index (κ2) is 5.24. The van der Waals surface area contributed by atoms with Gasteiger partial charge < -0.3 is 4.74 Å². The SMILES string of the molecule is CCOC(=O)C(=O)Cc1ccccc1F. The van der Waals surface area contributed by atoms with E-state index < -0.39 is 17.6 Å². The first kappa shape index (κ1) is 11.4. The molecule has 1 aromatic carbocycles. The first-order valence-corrected chi connectivity index (χ1v) is 4.58. The van der Waals surface area contributed by atoms with Crippen LogP contribution in [0.4, 0.5) is 4.39 Å². The van der Waals surface area contributed by atoms with Crippen molar-refractivity contribution in [2.45, 2.75) is 13.3 Å². The van der Waals surface area contributed by atoms with E-state index in [9.17, 15) is 14.0 Å². The van der Waals surface area contributed by atoms with Gasteiger partial charge in [-0.1, -0.05) is 18.2 Å². The van der Waals surface area contributed by atoms with E-state index in [1.165, 1.54) is 18.2 Å². The third-order valence-corrected chi connectivity index (χ3v) is 1.81. The smallest absolute Gasteiger partial charge is 0.374 e. The second-order valence-corrected chi connectivity index (χ2v) is 2.91. The highest BCUT2D eigenvalue weighted by atomic mass is 19.1. The molecule has 1 aromatic rings. The van der Waals surface area contributed by atoms with Crippen LogP contribution >= 0.6 is 0 Å². The Bertz CT molecular complexity index is 374. The summed E-state index contributed by atoms with van der Waals surface area (Å²) in [6.45, 7) is 1.75. The highest BCUT2D eigenvalue weighted by molar-refractivity contribution is 6.34. The molecule has 0 aromatic heterocycles. The number of benzene rings is 1. The summed E-state index contributed by atoms with van der Waals surface area (Å²) < 4.78 is 17.6. The topological polar surface area (TPSA) is 43.4 Å². The fourth-order valence-corrected chi connectivity index (χ4v) is 1.10. The predicted molar refractivity (Wildman–Crippen MR) is 51.7 cm³/mol. The van der Waals surface area contributed by atoms with Crippen molar-refractivity contribution in [2.24, 2.45) is 0 Å². The molecule has 15 heavy (non-hydrogen) atoms. The minimum atomic E-state index is -0.916. The zero-order valence-electron chi connectivity index (χ0n) is 8.33. The van der Waals surface area contributed by atoms with Gasteiger partial charge in [0.2, 0.25) is 5.78 Å². The molecule has 0 heterocycles. The Labute approximate surface area is 86.9 Å². The van der Waals surface area contributed by atoms with Crippen molar-refractivity contribution in [3.8, 4) is 0 Å². The maximum absolute atomic E-state index is 13.1. The summed E-state index contributed by atoms with van der Waals surface area (Å²) in [5.74, 6) is -2.14. The Kier molecular flexibility index (Phi) is 3.97. The van der Waals surface area contributed by atoms with E-state index in [1.54, 1.807) is 13.0 Å². The van der Waals surface area contributed by atoms with Crippen LogP contribution in [-0.4, -0.2) is 18.4 Å². The average Bonchev–Trinajstić information content (AvgIpc) is 2.21. The number of esters is 1. The lowest BCUT2D eigenvalue weighted by Crippen LogP contribution is -2.19. The fraction of sp³-hybridized carbons (Fsp3) is 0.273. The first-order chi connectivity index (χ1) is 7.15. The summed E-state index contributed by atoms with van der Waals surface area (Å²) >= 11 is 0. The van der Waals surface area contributed by atoms with E-state index in [4.69, 9.17) is 0 Å². The van der Waals surface area contributed by atoms with Crippen molar-refractivity contribution >= 4 is 11.8 Å². The molecule has 0 spiro atoms. The van der Waals surface area contributed by atoms with Crippen molar-refractivity contribution in [1.29, 1.82) is 0 Å². The Morgan fingerprint density at radius 2 is 2.00 bits per heavy atom. The van der Waals surface area contributed by atoms with E-state index in [-0.39, 0.29) is 18.6 Å². The normalized spacial score (nSPS) is 9.73. The van der Waals surface area contributed by atoms with Crippen molar-refractivity contribution in [1.82, 2.24) is 0 Å². The Morgan fingerprint density at radius 3 is 2.60 bits per heavy atom. The van der Waals surface area contributed by atoms with Gasteiger partial charge in [0.1, 0.15) is 5.82 Å². The van der Waals surface area contributed by atoms with Crippen LogP contribution in [0.1, 0.15) is 12.5 Å². The van der Waals surface area contributed by atoms with E-state index in [0.29, 0.717) is 0 Å². The van der Waals surface area contributed by atoms with Crippen molar-refractivity contribution in [2.75, 3.05) is 6.61 Å². The molecule has 0 radical (unpaired) electrons. The van der Waals surface area contributed by atoms with Gasteiger partial charge in [0.25, 0.3) is 0 Å². The number of carbonyl (C=O) groups excluding carboxylic acids is 2. The molecule has 0 bridgehead atoms. The second-order valence-electron chi connectivity index (χ2n) is 2.91. The third kappa shape index (κ3) is 3.16. The van der Waals surface area contributed by atoms with Crippen LogP contribution in [0.15, 0.2) is 24.3 Å². The molecule has 0 amide bonds. The van der Waals surface area contributed by atoms with Gasteiger partial charge in [-0.15, -0.1) is 0 Å². The first-order valence-electron chi connectivity index (χ1n) is 4.58. The predicted octanol–water partition coefficient (Wildman–Crippen LogP) is 1.50. The van der Waals surface area contributed by atoms with Crippen LogP contribution in [0.3, 0.4) is 0 Å². The fourth-order valence-electron chi connectivity index (χ4n) is 1.10. The number of ether oxygens (including phenoxy) is 1. The standard InChI is InChI=1S/C11H11FO3/c1-2-15-11(14)10(13)7-8-5-3-4-6-9(8)12/h3-6H,2,7H2,1H3. The zero-order valence-corrected chi connectivity index (χ0v) is 8.33. The zero-order chi connectivity index (χ0) is 11.3. The lowest BCUT2D eigenvalue weighted by molar-refractivity contribution is -0.153. The summed E-state index contributed by atoms with van der Waals surface area (Å²) in [7, 11) is 0. The number of ketones is 1. The largest absolute Gasteiger partial charge is 0.460 e. The minimum Gasteiger partial charge on any atom is -0.460 e. The molecule has 0 N–H and O–H groups in total. The quantitative estimate of drug-likeness (QED) is 0.558. The highest BCUT2D eigenvalue weighted by Crippen LogP contribution is 2.07. The number of Topliss-reactive ketones (excluding diaryl/α,β-unsaturated/α-hetero) is 1. The van der Waals surface area contributed by atoms with Crippen LogP contribution in [0.5, 0.6) is 0 Å². The van der Waals surface area contributed by atoms with E-state index in [2.05, 4.69) is 4.74 Å². The maximum atomic E-state index is 13.1. The summed E-state index contributed by atoms with van der Waals surface area (Å²) in [5.41, 5.74) is 0.204. The lowest BCUT2D eigenvalue weighted by atomic mass is 10.1.